The zero-order valence-electron chi connectivity index (χ0n) is 15.8. The second-order valence-corrected chi connectivity index (χ2v) is 9.70. The van der Waals surface area contributed by atoms with Gasteiger partial charge in [-0.05, 0) is 74.0 Å². The van der Waals surface area contributed by atoms with E-state index in [1.165, 1.54) is 38.5 Å². The maximum absolute atomic E-state index is 16.8. The predicted molar refractivity (Wildman–Crippen MR) is 97.2 cm³/mol. The van der Waals surface area contributed by atoms with Crippen LogP contribution in [0, 0.1) is 35.5 Å². The van der Waals surface area contributed by atoms with Gasteiger partial charge in [0.25, 0.3) is 0 Å². The Hall–Kier alpha value is -0.0700. The normalized spacial score (nSPS) is 45.4. The van der Waals surface area contributed by atoms with E-state index in [2.05, 4.69) is 20.8 Å². The Bertz CT molecular complexity index is 297. The Balaban J connectivity index is 1.77. The number of hydrogen-bond donors (Lipinski definition) is 0. The molecule has 0 amide bonds. The predicted octanol–water partition coefficient (Wildman–Crippen LogP) is 7.17. The van der Waals surface area contributed by atoms with E-state index in [1.807, 2.05) is 0 Å². The summed E-state index contributed by atoms with van der Waals surface area (Å²) in [6, 6.07) is 0. The minimum Gasteiger partial charge on any atom is -0.243 e. The SMILES string of the molecule is CC1CCC(C(F)(C2CCC(C)CC2)C2CCC(C)CC2)CC1. The summed E-state index contributed by atoms with van der Waals surface area (Å²) in [4.78, 5) is 0. The molecule has 0 atom stereocenters. The summed E-state index contributed by atoms with van der Waals surface area (Å²) in [6.07, 6.45) is 14.6. The smallest absolute Gasteiger partial charge is 0.119 e. The van der Waals surface area contributed by atoms with Gasteiger partial charge in [0.1, 0.15) is 5.67 Å². The van der Waals surface area contributed by atoms with Crippen LogP contribution in [-0.4, -0.2) is 5.67 Å². The zero-order valence-corrected chi connectivity index (χ0v) is 15.8. The average molecular weight is 323 g/mol. The van der Waals surface area contributed by atoms with Gasteiger partial charge in [-0.15, -0.1) is 0 Å². The highest BCUT2D eigenvalue weighted by Gasteiger charge is 2.52. The fraction of sp³-hybridized carbons (Fsp3) is 1.00. The van der Waals surface area contributed by atoms with Gasteiger partial charge >= 0.3 is 0 Å². The Morgan fingerprint density at radius 2 is 0.696 bits per heavy atom. The first-order chi connectivity index (χ1) is 11.0. The molecule has 23 heavy (non-hydrogen) atoms. The maximum Gasteiger partial charge on any atom is 0.119 e. The third-order valence-corrected chi connectivity index (χ3v) is 7.92. The van der Waals surface area contributed by atoms with Gasteiger partial charge in [-0.1, -0.05) is 59.3 Å². The van der Waals surface area contributed by atoms with Crippen molar-refractivity contribution in [2.75, 3.05) is 0 Å². The zero-order chi connectivity index (χ0) is 16.4. The Morgan fingerprint density at radius 1 is 0.478 bits per heavy atom. The number of rotatable bonds is 3. The first-order valence-corrected chi connectivity index (χ1v) is 10.7. The molecular weight excluding hydrogens is 283 g/mol. The molecule has 0 aromatic carbocycles. The van der Waals surface area contributed by atoms with E-state index in [0.29, 0.717) is 17.8 Å². The fourth-order valence-corrected chi connectivity index (χ4v) is 6.11. The van der Waals surface area contributed by atoms with Crippen molar-refractivity contribution in [3.63, 3.8) is 0 Å². The molecule has 3 fully saturated rings. The lowest BCUT2D eigenvalue weighted by Gasteiger charge is -2.50. The van der Waals surface area contributed by atoms with Crippen LogP contribution in [0.3, 0.4) is 0 Å². The summed E-state index contributed by atoms with van der Waals surface area (Å²) < 4.78 is 16.8. The van der Waals surface area contributed by atoms with Gasteiger partial charge in [0, 0.05) is 0 Å². The molecular formula is C22H39F. The van der Waals surface area contributed by atoms with E-state index in [0.717, 1.165) is 56.3 Å². The van der Waals surface area contributed by atoms with E-state index in [4.69, 9.17) is 0 Å². The molecule has 3 saturated carbocycles. The Labute approximate surface area is 144 Å². The molecule has 1 heteroatoms. The van der Waals surface area contributed by atoms with Gasteiger partial charge in [-0.25, -0.2) is 4.39 Å². The monoisotopic (exact) mass is 322 g/mol. The van der Waals surface area contributed by atoms with Crippen LogP contribution >= 0.6 is 0 Å². The van der Waals surface area contributed by atoms with Crippen molar-refractivity contribution in [3.05, 3.63) is 0 Å². The third-order valence-electron chi connectivity index (χ3n) is 7.92. The van der Waals surface area contributed by atoms with Crippen molar-refractivity contribution in [2.24, 2.45) is 35.5 Å². The first-order valence-electron chi connectivity index (χ1n) is 10.7. The van der Waals surface area contributed by atoms with Crippen molar-refractivity contribution in [1.29, 1.82) is 0 Å². The molecule has 0 bridgehead atoms. The average Bonchev–Trinajstić information content (AvgIpc) is 2.56. The van der Waals surface area contributed by atoms with Crippen LogP contribution in [0.4, 0.5) is 4.39 Å². The lowest BCUT2D eigenvalue weighted by molar-refractivity contribution is -0.0861. The minimum absolute atomic E-state index is 0.371. The highest BCUT2D eigenvalue weighted by atomic mass is 19.1. The van der Waals surface area contributed by atoms with Crippen molar-refractivity contribution in [1.82, 2.24) is 0 Å². The van der Waals surface area contributed by atoms with Crippen LogP contribution in [0.5, 0.6) is 0 Å². The molecule has 3 rings (SSSR count). The number of alkyl halides is 1. The molecule has 0 aromatic rings. The molecule has 0 aliphatic heterocycles. The van der Waals surface area contributed by atoms with Crippen molar-refractivity contribution in [3.8, 4) is 0 Å². The quantitative estimate of drug-likeness (QED) is 0.516. The van der Waals surface area contributed by atoms with Crippen LogP contribution in [0.15, 0.2) is 0 Å². The van der Waals surface area contributed by atoms with E-state index < -0.39 is 5.67 Å². The van der Waals surface area contributed by atoms with Gasteiger partial charge in [-0.2, -0.15) is 0 Å². The van der Waals surface area contributed by atoms with Gasteiger partial charge in [-0.3, -0.25) is 0 Å². The second-order valence-electron chi connectivity index (χ2n) is 9.70. The van der Waals surface area contributed by atoms with Crippen molar-refractivity contribution >= 4 is 0 Å². The minimum atomic E-state index is -0.833. The largest absolute Gasteiger partial charge is 0.243 e. The van der Waals surface area contributed by atoms with E-state index >= 15 is 4.39 Å². The van der Waals surface area contributed by atoms with Crippen LogP contribution in [-0.2, 0) is 0 Å². The van der Waals surface area contributed by atoms with Gasteiger partial charge in [0.15, 0.2) is 0 Å². The highest BCUT2D eigenvalue weighted by molar-refractivity contribution is 5.01. The van der Waals surface area contributed by atoms with Gasteiger partial charge in [0.2, 0.25) is 0 Å². The summed E-state index contributed by atoms with van der Waals surface area (Å²) >= 11 is 0. The Morgan fingerprint density at radius 3 is 0.913 bits per heavy atom. The molecule has 0 nitrogen and oxygen atoms in total. The maximum atomic E-state index is 16.8. The molecule has 3 aliphatic carbocycles. The molecule has 0 radical (unpaired) electrons. The highest BCUT2D eigenvalue weighted by Crippen LogP contribution is 2.54. The van der Waals surface area contributed by atoms with Gasteiger partial charge in [0.05, 0.1) is 0 Å². The summed E-state index contributed by atoms with van der Waals surface area (Å²) in [5.41, 5.74) is -0.833. The van der Waals surface area contributed by atoms with Crippen LogP contribution in [0.25, 0.3) is 0 Å². The Kier molecular flexibility index (Phi) is 5.74. The standard InChI is InChI=1S/C22H39F/c1-16-4-10-19(11-5-16)22(23,20-12-6-17(2)7-13-20)21-14-8-18(3)9-15-21/h16-21H,4-15H2,1-3H3. The molecule has 0 aromatic heterocycles. The number of halogens is 1. The summed E-state index contributed by atoms with van der Waals surface area (Å²) in [5, 5.41) is 0. The molecule has 134 valence electrons. The fourth-order valence-electron chi connectivity index (χ4n) is 6.11. The topological polar surface area (TPSA) is 0 Å². The lowest BCUT2D eigenvalue weighted by atomic mass is 9.58. The number of hydrogen-bond acceptors (Lipinski definition) is 0. The first kappa shape index (κ1) is 17.7. The van der Waals surface area contributed by atoms with E-state index in [9.17, 15) is 0 Å². The summed E-state index contributed by atoms with van der Waals surface area (Å²) in [5.74, 6) is 3.59. The van der Waals surface area contributed by atoms with E-state index in [-0.39, 0.29) is 0 Å². The molecule has 0 unspecified atom stereocenters. The van der Waals surface area contributed by atoms with Crippen LogP contribution < -0.4 is 0 Å². The molecule has 0 heterocycles. The molecule has 3 aliphatic rings. The second kappa shape index (κ2) is 7.44. The van der Waals surface area contributed by atoms with Crippen molar-refractivity contribution < 1.29 is 4.39 Å². The van der Waals surface area contributed by atoms with Crippen LogP contribution in [0.2, 0.25) is 0 Å². The third kappa shape index (κ3) is 3.79. The van der Waals surface area contributed by atoms with E-state index in [1.54, 1.807) is 0 Å². The summed E-state index contributed by atoms with van der Waals surface area (Å²) in [6.45, 7) is 7.09. The molecule has 0 spiro atoms. The van der Waals surface area contributed by atoms with Gasteiger partial charge < -0.3 is 0 Å². The molecule has 0 saturated heterocycles. The van der Waals surface area contributed by atoms with Crippen molar-refractivity contribution in [2.45, 2.75) is 103 Å². The molecule has 0 N–H and O–H groups in total. The summed E-state index contributed by atoms with van der Waals surface area (Å²) in [7, 11) is 0. The van der Waals surface area contributed by atoms with Crippen LogP contribution in [0.1, 0.15) is 97.8 Å². The lowest BCUT2D eigenvalue weighted by Crippen LogP contribution is -2.50.